The lowest BCUT2D eigenvalue weighted by Crippen LogP contribution is -2.30. The smallest absolute Gasteiger partial charge is 0.137 e. The van der Waals surface area contributed by atoms with Gasteiger partial charge in [-0.15, -0.1) is 0 Å². The van der Waals surface area contributed by atoms with Crippen LogP contribution in [-0.2, 0) is 5.41 Å². The van der Waals surface area contributed by atoms with Gasteiger partial charge in [0.05, 0.1) is 22.1 Å². The summed E-state index contributed by atoms with van der Waals surface area (Å²) in [5.41, 5.74) is 16.1. The number of rotatable bonds is 4. The zero-order valence-electron chi connectivity index (χ0n) is 30.3. The van der Waals surface area contributed by atoms with E-state index in [-0.39, 0.29) is 0 Å². The van der Waals surface area contributed by atoms with Gasteiger partial charge in [0.15, 0.2) is 0 Å². The number of hydrogen-bond donors (Lipinski definition) is 0. The van der Waals surface area contributed by atoms with Crippen molar-refractivity contribution in [2.75, 3.05) is 4.90 Å². The molecule has 56 heavy (non-hydrogen) atoms. The molecule has 2 heterocycles. The van der Waals surface area contributed by atoms with Crippen LogP contribution in [0.25, 0.3) is 71.3 Å². The number of benzene rings is 9. The van der Waals surface area contributed by atoms with Gasteiger partial charge in [-0.1, -0.05) is 127 Å². The maximum atomic E-state index is 6.48. The van der Waals surface area contributed by atoms with Crippen LogP contribution in [0.4, 0.5) is 17.1 Å². The standard InChI is InChI=1S/C53H32N2O/c1-3-14-33(15-4-1)54(35-26-27-39-38-20-9-12-25-48(38)56-49(39)32-35)45-31-29-44-50-40(45)28-30-47-52(50)51-43(23-13-24-46(51)55(47)34-16-5-2-6-17-34)53(44)41-21-10-7-18-36(41)37-19-8-11-22-42(37)53/h1-32H. The Labute approximate surface area is 322 Å². The Balaban J connectivity index is 1.19. The van der Waals surface area contributed by atoms with Gasteiger partial charge in [-0.2, -0.15) is 0 Å². The molecule has 260 valence electrons. The lowest BCUT2D eigenvalue weighted by atomic mass is 9.63. The zero-order valence-corrected chi connectivity index (χ0v) is 30.3. The fraction of sp³-hybridized carbons (Fsp3) is 0.0189. The van der Waals surface area contributed by atoms with Gasteiger partial charge in [-0.25, -0.2) is 0 Å². The molecule has 1 spiro atoms. The molecular formula is C53H32N2O. The summed E-state index contributed by atoms with van der Waals surface area (Å²) in [4.78, 5) is 2.41. The summed E-state index contributed by atoms with van der Waals surface area (Å²) in [5.74, 6) is 0. The Bertz CT molecular complexity index is 3380. The number of fused-ring (bicyclic) bond motifs is 10. The first-order valence-corrected chi connectivity index (χ1v) is 19.4. The van der Waals surface area contributed by atoms with E-state index in [0.29, 0.717) is 0 Å². The van der Waals surface area contributed by atoms with E-state index < -0.39 is 5.41 Å². The predicted octanol–water partition coefficient (Wildman–Crippen LogP) is 14.0. The molecule has 13 rings (SSSR count). The molecule has 0 radical (unpaired) electrons. The van der Waals surface area contributed by atoms with Crippen molar-refractivity contribution in [1.82, 2.24) is 4.57 Å². The molecule has 3 heteroatoms. The van der Waals surface area contributed by atoms with Gasteiger partial charge >= 0.3 is 0 Å². The minimum absolute atomic E-state index is 0.502. The van der Waals surface area contributed by atoms with E-state index >= 15 is 0 Å². The van der Waals surface area contributed by atoms with Crippen LogP contribution in [0.15, 0.2) is 199 Å². The van der Waals surface area contributed by atoms with Crippen molar-refractivity contribution in [1.29, 1.82) is 0 Å². The van der Waals surface area contributed by atoms with E-state index in [9.17, 15) is 0 Å². The molecule has 0 aliphatic heterocycles. The van der Waals surface area contributed by atoms with E-state index in [1.807, 2.05) is 6.07 Å². The summed E-state index contributed by atoms with van der Waals surface area (Å²) in [6.07, 6.45) is 0. The topological polar surface area (TPSA) is 21.3 Å². The van der Waals surface area contributed by atoms with Crippen molar-refractivity contribution in [2.45, 2.75) is 5.41 Å². The second kappa shape index (κ2) is 10.9. The van der Waals surface area contributed by atoms with Gasteiger partial charge in [0.25, 0.3) is 0 Å². The monoisotopic (exact) mass is 712 g/mol. The highest BCUT2D eigenvalue weighted by Gasteiger charge is 2.50. The molecule has 0 atom stereocenters. The Morgan fingerprint density at radius 2 is 1.02 bits per heavy atom. The molecule has 2 aliphatic carbocycles. The summed E-state index contributed by atoms with van der Waals surface area (Å²) in [6, 6.07) is 71.2. The third-order valence-corrected chi connectivity index (χ3v) is 12.6. The molecule has 9 aromatic carbocycles. The van der Waals surface area contributed by atoms with E-state index in [1.165, 1.54) is 66.0 Å². The lowest BCUT2D eigenvalue weighted by molar-refractivity contribution is 0.669. The van der Waals surface area contributed by atoms with Crippen molar-refractivity contribution in [2.24, 2.45) is 0 Å². The summed E-state index contributed by atoms with van der Waals surface area (Å²) < 4.78 is 8.95. The molecule has 0 N–H and O–H groups in total. The van der Waals surface area contributed by atoms with Gasteiger partial charge in [-0.3, -0.25) is 0 Å². The van der Waals surface area contributed by atoms with Crippen LogP contribution < -0.4 is 4.90 Å². The summed E-state index contributed by atoms with van der Waals surface area (Å²) in [6.45, 7) is 0. The number of nitrogens with zero attached hydrogens (tertiary/aromatic N) is 2. The first kappa shape index (κ1) is 30.0. The Morgan fingerprint density at radius 3 is 1.82 bits per heavy atom. The van der Waals surface area contributed by atoms with Crippen LogP contribution in [0.3, 0.4) is 0 Å². The first-order valence-electron chi connectivity index (χ1n) is 19.4. The first-order chi connectivity index (χ1) is 27.8. The fourth-order valence-corrected chi connectivity index (χ4v) is 10.5. The minimum Gasteiger partial charge on any atom is -0.456 e. The molecule has 0 saturated heterocycles. The van der Waals surface area contributed by atoms with Crippen molar-refractivity contribution in [3.63, 3.8) is 0 Å². The molecule has 2 aliphatic rings. The average Bonchev–Trinajstić information content (AvgIpc) is 3.91. The van der Waals surface area contributed by atoms with E-state index in [0.717, 1.165) is 44.7 Å². The molecule has 0 saturated carbocycles. The molecule has 0 unspecified atom stereocenters. The van der Waals surface area contributed by atoms with E-state index in [2.05, 4.69) is 198 Å². The summed E-state index contributed by atoms with van der Waals surface area (Å²) in [5, 5.41) is 7.40. The molecule has 2 aromatic heterocycles. The highest BCUT2D eigenvalue weighted by Crippen LogP contribution is 2.63. The predicted molar refractivity (Wildman–Crippen MR) is 231 cm³/mol. The van der Waals surface area contributed by atoms with Crippen molar-refractivity contribution < 1.29 is 4.42 Å². The molecule has 11 aromatic rings. The van der Waals surface area contributed by atoms with E-state index in [1.54, 1.807) is 0 Å². The average molecular weight is 713 g/mol. The zero-order chi connectivity index (χ0) is 36.5. The van der Waals surface area contributed by atoms with Gasteiger partial charge in [0, 0.05) is 50.1 Å². The van der Waals surface area contributed by atoms with Crippen LogP contribution in [0.5, 0.6) is 0 Å². The molecule has 0 fully saturated rings. The molecular weight excluding hydrogens is 681 g/mol. The number of anilines is 3. The second-order valence-electron chi connectivity index (χ2n) is 15.2. The fourth-order valence-electron chi connectivity index (χ4n) is 10.5. The van der Waals surface area contributed by atoms with Gasteiger partial charge in [0.2, 0.25) is 0 Å². The molecule has 0 amide bonds. The summed E-state index contributed by atoms with van der Waals surface area (Å²) >= 11 is 0. The number of furan rings is 1. The van der Waals surface area contributed by atoms with Gasteiger partial charge < -0.3 is 13.9 Å². The third-order valence-electron chi connectivity index (χ3n) is 12.6. The maximum Gasteiger partial charge on any atom is 0.137 e. The highest BCUT2D eigenvalue weighted by atomic mass is 16.3. The molecule has 0 bridgehead atoms. The number of aromatic nitrogens is 1. The van der Waals surface area contributed by atoms with E-state index in [4.69, 9.17) is 4.42 Å². The maximum absolute atomic E-state index is 6.48. The van der Waals surface area contributed by atoms with Crippen molar-refractivity contribution >= 4 is 71.6 Å². The summed E-state index contributed by atoms with van der Waals surface area (Å²) in [7, 11) is 0. The van der Waals surface area contributed by atoms with Crippen LogP contribution in [-0.4, -0.2) is 4.57 Å². The van der Waals surface area contributed by atoms with Crippen LogP contribution in [0.1, 0.15) is 22.3 Å². The van der Waals surface area contributed by atoms with Crippen LogP contribution in [0, 0.1) is 0 Å². The SMILES string of the molecule is c1ccc(N(c2ccc3c(c2)oc2ccccc23)c2ccc3c4c2ccc2c4c4c(cccc4n2-c2ccccc2)C32c3ccccc3-c3ccccc32)cc1. The lowest BCUT2D eigenvalue weighted by Gasteiger charge is -2.38. The minimum atomic E-state index is -0.502. The van der Waals surface area contributed by atoms with Crippen LogP contribution >= 0.6 is 0 Å². The largest absolute Gasteiger partial charge is 0.456 e. The number of para-hydroxylation sites is 3. The Hall–Kier alpha value is -7.36. The van der Waals surface area contributed by atoms with Crippen molar-refractivity contribution in [3.05, 3.63) is 216 Å². The quantitative estimate of drug-likeness (QED) is 0.181. The van der Waals surface area contributed by atoms with Crippen molar-refractivity contribution in [3.8, 4) is 16.8 Å². The van der Waals surface area contributed by atoms with Crippen LogP contribution in [0.2, 0.25) is 0 Å². The Morgan fingerprint density at radius 1 is 0.393 bits per heavy atom. The van der Waals surface area contributed by atoms with Gasteiger partial charge in [-0.05, 0) is 99.4 Å². The normalized spacial score (nSPS) is 13.5. The molecule has 3 nitrogen and oxygen atoms in total. The van der Waals surface area contributed by atoms with Gasteiger partial charge in [0.1, 0.15) is 11.2 Å². The Kier molecular flexibility index (Phi) is 5.83. The second-order valence-corrected chi connectivity index (χ2v) is 15.2. The highest BCUT2D eigenvalue weighted by molar-refractivity contribution is 6.28. The number of hydrogen-bond acceptors (Lipinski definition) is 2. The third kappa shape index (κ3) is 3.67.